The minimum Gasteiger partial charge on any atom is -0.271 e. The first-order valence-electron chi connectivity index (χ1n) is 6.50. The molecule has 1 aromatic rings. The van der Waals surface area contributed by atoms with Crippen LogP contribution in [0.5, 0.6) is 0 Å². The van der Waals surface area contributed by atoms with Crippen LogP contribution >= 0.6 is 27.3 Å². The molecule has 2 nitrogen and oxygen atoms in total. The largest absolute Gasteiger partial charge is 0.271 e. The molecule has 2 saturated carbocycles. The van der Waals surface area contributed by atoms with Gasteiger partial charge in [-0.25, -0.2) is 0 Å². The number of nitrogens with one attached hydrogen (secondary N) is 1. The van der Waals surface area contributed by atoms with Crippen molar-refractivity contribution in [2.45, 2.75) is 38.1 Å². The second-order valence-electron chi connectivity index (χ2n) is 5.37. The van der Waals surface area contributed by atoms with Crippen molar-refractivity contribution in [1.82, 2.24) is 5.43 Å². The molecule has 0 amide bonds. The summed E-state index contributed by atoms with van der Waals surface area (Å²) in [5, 5.41) is 0. The Morgan fingerprint density at radius 2 is 2.06 bits per heavy atom. The summed E-state index contributed by atoms with van der Waals surface area (Å²) in [6.45, 7) is 0. The van der Waals surface area contributed by atoms with Crippen LogP contribution in [0.2, 0.25) is 0 Å². The zero-order valence-electron chi connectivity index (χ0n) is 9.86. The minimum atomic E-state index is 0.480. The molecule has 0 bridgehead atoms. The minimum absolute atomic E-state index is 0.480. The van der Waals surface area contributed by atoms with E-state index in [-0.39, 0.29) is 0 Å². The fourth-order valence-electron chi connectivity index (χ4n) is 3.63. The van der Waals surface area contributed by atoms with Gasteiger partial charge in [-0.05, 0) is 65.1 Å². The number of nitrogens with two attached hydrogens (primary N) is 1. The van der Waals surface area contributed by atoms with E-state index >= 15 is 0 Å². The van der Waals surface area contributed by atoms with E-state index in [1.54, 1.807) is 0 Å². The Kier molecular flexibility index (Phi) is 3.57. The van der Waals surface area contributed by atoms with E-state index < -0.39 is 0 Å². The molecule has 17 heavy (non-hydrogen) atoms. The standard InChI is InChI=1S/C13H19BrN2S/c14-12-6-5-8(17-12)7-11(16-15)13-9-3-1-2-4-10(9)13/h5-6,9-11,13,16H,1-4,7,15H2. The lowest BCUT2D eigenvalue weighted by atomic mass is 10.0. The molecule has 94 valence electrons. The van der Waals surface area contributed by atoms with Gasteiger partial charge in [-0.2, -0.15) is 0 Å². The van der Waals surface area contributed by atoms with Gasteiger partial charge in [0.1, 0.15) is 0 Å². The van der Waals surface area contributed by atoms with Gasteiger partial charge in [0.2, 0.25) is 0 Å². The van der Waals surface area contributed by atoms with Gasteiger partial charge in [0.15, 0.2) is 0 Å². The summed E-state index contributed by atoms with van der Waals surface area (Å²) >= 11 is 5.36. The molecular weight excluding hydrogens is 296 g/mol. The highest BCUT2D eigenvalue weighted by molar-refractivity contribution is 9.11. The maximum Gasteiger partial charge on any atom is 0.0701 e. The Morgan fingerprint density at radius 1 is 1.35 bits per heavy atom. The molecule has 0 aliphatic heterocycles. The van der Waals surface area contributed by atoms with Crippen molar-refractivity contribution in [1.29, 1.82) is 0 Å². The van der Waals surface area contributed by atoms with Gasteiger partial charge in [-0.15, -0.1) is 11.3 Å². The molecule has 1 heterocycles. The Morgan fingerprint density at radius 3 is 2.59 bits per heavy atom. The first-order chi connectivity index (χ1) is 8.29. The van der Waals surface area contributed by atoms with Crippen molar-refractivity contribution in [2.24, 2.45) is 23.6 Å². The Balaban J connectivity index is 1.64. The highest BCUT2D eigenvalue weighted by Gasteiger charge is 2.53. The number of halogens is 1. The predicted octanol–water partition coefficient (Wildman–Crippen LogP) is 3.32. The third kappa shape index (κ3) is 2.46. The van der Waals surface area contributed by atoms with E-state index in [4.69, 9.17) is 5.84 Å². The Hall–Kier alpha value is 0.1000. The van der Waals surface area contributed by atoms with Crippen molar-refractivity contribution in [3.8, 4) is 0 Å². The zero-order chi connectivity index (χ0) is 11.8. The first kappa shape index (κ1) is 12.2. The van der Waals surface area contributed by atoms with Gasteiger partial charge in [-0.3, -0.25) is 11.3 Å². The van der Waals surface area contributed by atoms with Crippen LogP contribution in [0.4, 0.5) is 0 Å². The Bertz CT molecular complexity index is 381. The molecule has 0 saturated heterocycles. The summed E-state index contributed by atoms with van der Waals surface area (Å²) < 4.78 is 1.22. The van der Waals surface area contributed by atoms with Crippen LogP contribution in [0, 0.1) is 17.8 Å². The Labute approximate surface area is 115 Å². The van der Waals surface area contributed by atoms with Crippen LogP contribution < -0.4 is 11.3 Å². The third-order valence-corrected chi connectivity index (χ3v) is 6.10. The fraction of sp³-hybridized carbons (Fsp3) is 0.692. The van der Waals surface area contributed by atoms with Gasteiger partial charge in [0, 0.05) is 10.9 Å². The van der Waals surface area contributed by atoms with E-state index in [2.05, 4.69) is 33.5 Å². The molecule has 1 aromatic heterocycles. The van der Waals surface area contributed by atoms with Crippen molar-refractivity contribution in [3.05, 3.63) is 20.8 Å². The van der Waals surface area contributed by atoms with E-state index in [0.29, 0.717) is 6.04 Å². The highest BCUT2D eigenvalue weighted by atomic mass is 79.9. The molecule has 2 aliphatic rings. The molecule has 0 spiro atoms. The molecule has 2 aliphatic carbocycles. The van der Waals surface area contributed by atoms with Crippen molar-refractivity contribution >= 4 is 27.3 Å². The van der Waals surface area contributed by atoms with Crippen LogP contribution in [0.3, 0.4) is 0 Å². The number of hydrazine groups is 1. The molecular formula is C13H19BrN2S. The van der Waals surface area contributed by atoms with Crippen molar-refractivity contribution in [2.75, 3.05) is 0 Å². The number of hydrogen-bond acceptors (Lipinski definition) is 3. The summed E-state index contributed by atoms with van der Waals surface area (Å²) in [5.41, 5.74) is 3.07. The normalized spacial score (nSPS) is 33.2. The first-order valence-corrected chi connectivity index (χ1v) is 8.11. The molecule has 3 rings (SSSR count). The monoisotopic (exact) mass is 314 g/mol. The maximum absolute atomic E-state index is 5.77. The van der Waals surface area contributed by atoms with Crippen LogP contribution in [-0.4, -0.2) is 6.04 Å². The lowest BCUT2D eigenvalue weighted by molar-refractivity contribution is 0.439. The van der Waals surface area contributed by atoms with E-state index in [1.165, 1.54) is 34.3 Å². The second-order valence-corrected chi connectivity index (χ2v) is 7.92. The van der Waals surface area contributed by atoms with Crippen LogP contribution in [0.15, 0.2) is 15.9 Å². The maximum atomic E-state index is 5.77. The predicted molar refractivity (Wildman–Crippen MR) is 75.8 cm³/mol. The smallest absolute Gasteiger partial charge is 0.0701 e. The van der Waals surface area contributed by atoms with Gasteiger partial charge in [-0.1, -0.05) is 12.8 Å². The molecule has 0 radical (unpaired) electrons. The zero-order valence-corrected chi connectivity index (χ0v) is 12.3. The molecule has 4 heteroatoms. The number of hydrogen-bond donors (Lipinski definition) is 2. The van der Waals surface area contributed by atoms with Crippen LogP contribution in [-0.2, 0) is 6.42 Å². The topological polar surface area (TPSA) is 38.0 Å². The fourth-order valence-corrected chi connectivity index (χ4v) is 5.17. The lowest BCUT2D eigenvalue weighted by Crippen LogP contribution is -2.39. The number of thiophene rings is 1. The molecule has 3 N–H and O–H groups in total. The molecule has 3 unspecified atom stereocenters. The second kappa shape index (κ2) is 5.00. The molecule has 2 fully saturated rings. The average Bonchev–Trinajstić information content (AvgIpc) is 2.93. The van der Waals surface area contributed by atoms with E-state index in [1.807, 2.05) is 11.3 Å². The van der Waals surface area contributed by atoms with Gasteiger partial charge in [0.05, 0.1) is 3.79 Å². The SMILES string of the molecule is NNC(Cc1ccc(Br)s1)C1C2CCCCC21. The summed E-state index contributed by atoms with van der Waals surface area (Å²) in [7, 11) is 0. The number of fused-ring (bicyclic) bond motifs is 1. The lowest BCUT2D eigenvalue weighted by Gasteiger charge is -2.15. The van der Waals surface area contributed by atoms with Crippen LogP contribution in [0.1, 0.15) is 30.6 Å². The highest BCUT2D eigenvalue weighted by Crippen LogP contribution is 2.57. The van der Waals surface area contributed by atoms with E-state index in [9.17, 15) is 0 Å². The van der Waals surface area contributed by atoms with Gasteiger partial charge in [0.25, 0.3) is 0 Å². The quantitative estimate of drug-likeness (QED) is 0.661. The number of rotatable bonds is 4. The van der Waals surface area contributed by atoms with Gasteiger partial charge >= 0.3 is 0 Å². The van der Waals surface area contributed by atoms with Crippen molar-refractivity contribution < 1.29 is 0 Å². The summed E-state index contributed by atoms with van der Waals surface area (Å²) in [6, 6.07) is 4.83. The molecule has 3 atom stereocenters. The van der Waals surface area contributed by atoms with Gasteiger partial charge < -0.3 is 0 Å². The summed E-state index contributed by atoms with van der Waals surface area (Å²) in [5.74, 6) is 8.53. The van der Waals surface area contributed by atoms with E-state index in [0.717, 1.165) is 24.2 Å². The third-order valence-electron chi connectivity index (χ3n) is 4.45. The summed E-state index contributed by atoms with van der Waals surface area (Å²) in [4.78, 5) is 1.43. The summed E-state index contributed by atoms with van der Waals surface area (Å²) in [6.07, 6.45) is 6.81. The van der Waals surface area contributed by atoms with Crippen molar-refractivity contribution in [3.63, 3.8) is 0 Å². The average molecular weight is 315 g/mol. The van der Waals surface area contributed by atoms with Crippen LogP contribution in [0.25, 0.3) is 0 Å². The molecule has 0 aromatic carbocycles.